The Kier molecular flexibility index (Phi) is 5.02. The Morgan fingerprint density at radius 2 is 1.46 bits per heavy atom. The van der Waals surface area contributed by atoms with Crippen LogP contribution in [0.25, 0.3) is 0 Å². The van der Waals surface area contributed by atoms with Gasteiger partial charge in [-0.1, -0.05) is 54.9 Å². The zero-order valence-electron chi connectivity index (χ0n) is 10.6. The first-order chi connectivity index (χ1) is 5.83. The molecule has 0 aliphatic heterocycles. The third kappa shape index (κ3) is 3.70. The monoisotopic (exact) mass is 184 g/mol. The van der Waals surface area contributed by atoms with Gasteiger partial charge in [0, 0.05) is 0 Å². The summed E-state index contributed by atoms with van der Waals surface area (Å²) in [5, 5.41) is 0. The van der Waals surface area contributed by atoms with E-state index in [0.29, 0.717) is 5.41 Å². The first kappa shape index (κ1) is 13.0. The van der Waals surface area contributed by atoms with Gasteiger partial charge in [0.15, 0.2) is 0 Å². The second-order valence-corrected chi connectivity index (χ2v) is 5.64. The summed E-state index contributed by atoms with van der Waals surface area (Å²) in [4.78, 5) is 0. The minimum Gasteiger partial charge on any atom is -0.0649 e. The van der Waals surface area contributed by atoms with Gasteiger partial charge in [-0.25, -0.2) is 0 Å². The van der Waals surface area contributed by atoms with E-state index in [1.165, 1.54) is 12.8 Å². The second-order valence-electron chi connectivity index (χ2n) is 5.64. The average molecular weight is 184 g/mol. The molecule has 0 aromatic heterocycles. The van der Waals surface area contributed by atoms with E-state index < -0.39 is 0 Å². The van der Waals surface area contributed by atoms with Crippen LogP contribution in [-0.4, -0.2) is 0 Å². The quantitative estimate of drug-likeness (QED) is 0.579. The highest BCUT2D eigenvalue weighted by Gasteiger charge is 2.31. The van der Waals surface area contributed by atoms with Crippen LogP contribution in [0, 0.1) is 23.2 Å². The highest BCUT2D eigenvalue weighted by atomic mass is 14.4. The Morgan fingerprint density at radius 1 is 1.00 bits per heavy atom. The number of hydrogen-bond donors (Lipinski definition) is 0. The molecule has 0 saturated carbocycles. The van der Waals surface area contributed by atoms with Crippen molar-refractivity contribution in [2.24, 2.45) is 23.2 Å². The van der Waals surface area contributed by atoms with Gasteiger partial charge >= 0.3 is 0 Å². The Balaban J connectivity index is 4.42. The van der Waals surface area contributed by atoms with Crippen molar-refractivity contribution in [2.75, 3.05) is 0 Å². The minimum atomic E-state index is 0.544. The highest BCUT2D eigenvalue weighted by Crippen LogP contribution is 2.40. The molecule has 0 heterocycles. The van der Waals surface area contributed by atoms with Crippen LogP contribution in [0.15, 0.2) is 0 Å². The maximum absolute atomic E-state index is 2.46. The summed E-state index contributed by atoms with van der Waals surface area (Å²) in [6.45, 7) is 16.6. The van der Waals surface area contributed by atoms with Gasteiger partial charge in [-0.3, -0.25) is 0 Å². The van der Waals surface area contributed by atoms with Crippen molar-refractivity contribution < 1.29 is 0 Å². The molecule has 0 bridgehead atoms. The molecule has 0 amide bonds. The van der Waals surface area contributed by atoms with Crippen LogP contribution in [-0.2, 0) is 0 Å². The van der Waals surface area contributed by atoms with E-state index in [2.05, 4.69) is 48.5 Å². The molecule has 2 unspecified atom stereocenters. The second kappa shape index (κ2) is 5.02. The van der Waals surface area contributed by atoms with Crippen molar-refractivity contribution in [1.29, 1.82) is 0 Å². The molecule has 0 aromatic rings. The van der Waals surface area contributed by atoms with Crippen LogP contribution >= 0.6 is 0 Å². The molecule has 0 rings (SSSR count). The zero-order valence-corrected chi connectivity index (χ0v) is 10.6. The molecule has 0 aromatic carbocycles. The highest BCUT2D eigenvalue weighted by molar-refractivity contribution is 4.81. The molecule has 0 saturated heterocycles. The number of hydrogen-bond acceptors (Lipinski definition) is 0. The predicted octanol–water partition coefficient (Wildman–Crippen LogP) is 4.74. The first-order valence-electron chi connectivity index (χ1n) is 5.83. The van der Waals surface area contributed by atoms with E-state index in [-0.39, 0.29) is 0 Å². The Morgan fingerprint density at radius 3 is 1.69 bits per heavy atom. The van der Waals surface area contributed by atoms with Crippen molar-refractivity contribution in [3.8, 4) is 0 Å². The smallest absolute Gasteiger partial charge is 0.0298 e. The molecule has 0 aliphatic rings. The summed E-state index contributed by atoms with van der Waals surface area (Å²) >= 11 is 0. The van der Waals surface area contributed by atoms with E-state index in [9.17, 15) is 0 Å². The third-order valence-corrected chi connectivity index (χ3v) is 3.78. The predicted molar refractivity (Wildman–Crippen MR) is 61.9 cm³/mol. The fourth-order valence-corrected chi connectivity index (χ4v) is 2.39. The molecule has 0 nitrogen and oxygen atoms in total. The lowest BCUT2D eigenvalue weighted by molar-refractivity contribution is 0.113. The van der Waals surface area contributed by atoms with Gasteiger partial charge in [0.05, 0.1) is 0 Å². The summed E-state index contributed by atoms with van der Waals surface area (Å²) < 4.78 is 0. The van der Waals surface area contributed by atoms with E-state index >= 15 is 0 Å². The van der Waals surface area contributed by atoms with Crippen molar-refractivity contribution in [3.63, 3.8) is 0 Å². The molecular formula is C13H28. The standard InChI is InChI=1S/C13H28/c1-8-13(7,9-10(2)3)12(6)11(4)5/h10-12H,8-9H2,1-7H3. The van der Waals surface area contributed by atoms with Crippen LogP contribution in [0.5, 0.6) is 0 Å². The Labute approximate surface area is 85.1 Å². The van der Waals surface area contributed by atoms with E-state index in [1.54, 1.807) is 0 Å². The van der Waals surface area contributed by atoms with E-state index in [0.717, 1.165) is 17.8 Å². The molecule has 13 heavy (non-hydrogen) atoms. The molecule has 0 aliphatic carbocycles. The maximum atomic E-state index is 2.46. The van der Waals surface area contributed by atoms with Gasteiger partial charge in [0.1, 0.15) is 0 Å². The summed E-state index contributed by atoms with van der Waals surface area (Å²) in [7, 11) is 0. The Hall–Kier alpha value is 0. The van der Waals surface area contributed by atoms with Gasteiger partial charge < -0.3 is 0 Å². The van der Waals surface area contributed by atoms with Crippen molar-refractivity contribution >= 4 is 0 Å². The van der Waals surface area contributed by atoms with Crippen LogP contribution < -0.4 is 0 Å². The largest absolute Gasteiger partial charge is 0.0649 e. The lowest BCUT2D eigenvalue weighted by atomic mass is 9.67. The zero-order chi connectivity index (χ0) is 10.6. The van der Waals surface area contributed by atoms with Crippen molar-refractivity contribution in [1.82, 2.24) is 0 Å². The molecule has 0 spiro atoms. The SMILES string of the molecule is CCC(C)(CC(C)C)C(C)C(C)C. The number of rotatable bonds is 5. The molecule has 0 N–H and O–H groups in total. The Bertz CT molecular complexity index is 135. The fourth-order valence-electron chi connectivity index (χ4n) is 2.39. The first-order valence-corrected chi connectivity index (χ1v) is 5.83. The lowest BCUT2D eigenvalue weighted by Gasteiger charge is -2.39. The molecule has 0 radical (unpaired) electrons. The topological polar surface area (TPSA) is 0 Å². The van der Waals surface area contributed by atoms with Crippen LogP contribution in [0.4, 0.5) is 0 Å². The minimum absolute atomic E-state index is 0.544. The van der Waals surface area contributed by atoms with Crippen LogP contribution in [0.3, 0.4) is 0 Å². The van der Waals surface area contributed by atoms with Gasteiger partial charge in [-0.05, 0) is 29.6 Å². The molecule has 0 fully saturated rings. The summed E-state index contributed by atoms with van der Waals surface area (Å²) in [5.41, 5.74) is 0.544. The van der Waals surface area contributed by atoms with Gasteiger partial charge in [0.2, 0.25) is 0 Å². The lowest BCUT2D eigenvalue weighted by Crippen LogP contribution is -2.29. The molecular weight excluding hydrogens is 156 g/mol. The third-order valence-electron chi connectivity index (χ3n) is 3.78. The summed E-state index contributed by atoms with van der Waals surface area (Å²) in [6, 6.07) is 0. The van der Waals surface area contributed by atoms with Crippen molar-refractivity contribution in [3.05, 3.63) is 0 Å². The van der Waals surface area contributed by atoms with E-state index in [4.69, 9.17) is 0 Å². The maximum Gasteiger partial charge on any atom is -0.0298 e. The van der Waals surface area contributed by atoms with Crippen LogP contribution in [0.2, 0.25) is 0 Å². The molecule has 0 heteroatoms. The summed E-state index contributed by atoms with van der Waals surface area (Å²) in [6.07, 6.45) is 2.67. The van der Waals surface area contributed by atoms with E-state index in [1.807, 2.05) is 0 Å². The van der Waals surface area contributed by atoms with Crippen molar-refractivity contribution in [2.45, 2.75) is 61.3 Å². The van der Waals surface area contributed by atoms with Gasteiger partial charge in [0.25, 0.3) is 0 Å². The normalized spacial score (nSPS) is 19.2. The van der Waals surface area contributed by atoms with Crippen LogP contribution in [0.1, 0.15) is 61.3 Å². The average Bonchev–Trinajstić information content (AvgIpc) is 2.01. The van der Waals surface area contributed by atoms with Gasteiger partial charge in [-0.2, -0.15) is 0 Å². The molecule has 80 valence electrons. The summed E-state index contributed by atoms with van der Waals surface area (Å²) in [5.74, 6) is 2.47. The van der Waals surface area contributed by atoms with Gasteiger partial charge in [-0.15, -0.1) is 0 Å². The molecule has 2 atom stereocenters. The fraction of sp³-hybridized carbons (Fsp3) is 1.00.